The van der Waals surface area contributed by atoms with Crippen molar-refractivity contribution in [2.45, 2.75) is 32.2 Å². The molecule has 1 saturated heterocycles. The van der Waals surface area contributed by atoms with Crippen LogP contribution in [0.25, 0.3) is 0 Å². The van der Waals surface area contributed by atoms with Crippen LogP contribution in [0.4, 0.5) is 11.5 Å². The number of aromatic nitrogens is 2. The predicted molar refractivity (Wildman–Crippen MR) is 98.8 cm³/mol. The molecular formula is C19H25N5O. The molecule has 1 atom stereocenters. The zero-order chi connectivity index (χ0) is 17.1. The first-order valence-corrected chi connectivity index (χ1v) is 9.16. The number of aryl methyl sites for hydroxylation is 1. The molecule has 1 unspecified atom stereocenters. The number of hydrogen-bond acceptors (Lipinski definition) is 4. The highest BCUT2D eigenvalue weighted by molar-refractivity contribution is 5.94. The number of anilines is 2. The van der Waals surface area contributed by atoms with Crippen LogP contribution in [0, 0.1) is 5.92 Å². The Balaban J connectivity index is 1.33. The van der Waals surface area contributed by atoms with E-state index in [-0.39, 0.29) is 5.91 Å². The van der Waals surface area contributed by atoms with E-state index >= 15 is 0 Å². The highest BCUT2D eigenvalue weighted by Gasteiger charge is 2.17. The van der Waals surface area contributed by atoms with E-state index in [1.165, 1.54) is 12.0 Å². The highest BCUT2D eigenvalue weighted by atomic mass is 16.1. The van der Waals surface area contributed by atoms with Crippen molar-refractivity contribution >= 4 is 17.4 Å². The summed E-state index contributed by atoms with van der Waals surface area (Å²) in [5, 5.41) is 14.0. The third kappa shape index (κ3) is 3.85. The van der Waals surface area contributed by atoms with Gasteiger partial charge in [0, 0.05) is 13.1 Å². The van der Waals surface area contributed by atoms with Gasteiger partial charge in [-0.3, -0.25) is 4.79 Å². The summed E-state index contributed by atoms with van der Waals surface area (Å²) >= 11 is 0. The maximum atomic E-state index is 12.3. The molecule has 0 spiro atoms. The van der Waals surface area contributed by atoms with Gasteiger partial charge < -0.3 is 16.0 Å². The average molecular weight is 339 g/mol. The Labute approximate surface area is 148 Å². The number of carbonyl (C=O) groups excluding carboxylic acids is 1. The topological polar surface area (TPSA) is 71.0 Å². The maximum absolute atomic E-state index is 12.3. The van der Waals surface area contributed by atoms with Crippen molar-refractivity contribution in [2.24, 2.45) is 5.92 Å². The van der Waals surface area contributed by atoms with Crippen LogP contribution < -0.4 is 16.0 Å². The highest BCUT2D eigenvalue weighted by Crippen LogP contribution is 2.24. The van der Waals surface area contributed by atoms with Crippen molar-refractivity contribution in [3.8, 4) is 0 Å². The molecular weight excluding hydrogens is 314 g/mol. The summed E-state index contributed by atoms with van der Waals surface area (Å²) in [6.45, 7) is 4.08. The molecule has 6 heteroatoms. The van der Waals surface area contributed by atoms with E-state index in [4.69, 9.17) is 0 Å². The molecule has 0 aliphatic carbocycles. The second-order valence-electron chi connectivity index (χ2n) is 7.01. The van der Waals surface area contributed by atoms with Crippen LogP contribution in [0.15, 0.2) is 30.5 Å². The first kappa shape index (κ1) is 16.1. The summed E-state index contributed by atoms with van der Waals surface area (Å²) in [5.74, 6) is 1.66. The van der Waals surface area contributed by atoms with Gasteiger partial charge in [-0.1, -0.05) is 24.3 Å². The number of hydrogen-bond donors (Lipinski definition) is 3. The lowest BCUT2D eigenvalue weighted by molar-refractivity contribution is -0.115. The zero-order valence-electron chi connectivity index (χ0n) is 14.4. The quantitative estimate of drug-likeness (QED) is 0.779. The molecule has 2 aliphatic rings. The molecule has 1 aromatic carbocycles. The number of nitrogens with zero attached hydrogens (tertiary/aromatic N) is 2. The second-order valence-corrected chi connectivity index (χ2v) is 7.01. The number of nitrogens with one attached hydrogen (secondary N) is 3. The SMILES string of the molecule is O=C(Cc1ccc(CC2CCNC2)cc1)Nc1cnn2c1NCCC2. The number of benzene rings is 1. The molecule has 0 radical (unpaired) electrons. The number of rotatable bonds is 5. The largest absolute Gasteiger partial charge is 0.368 e. The minimum atomic E-state index is -0.00378. The van der Waals surface area contributed by atoms with Gasteiger partial charge in [0.05, 0.1) is 12.6 Å². The maximum Gasteiger partial charge on any atom is 0.228 e. The molecule has 132 valence electrons. The zero-order valence-corrected chi connectivity index (χ0v) is 14.4. The predicted octanol–water partition coefficient (Wildman–Crippen LogP) is 2.03. The molecule has 25 heavy (non-hydrogen) atoms. The van der Waals surface area contributed by atoms with Crippen molar-refractivity contribution in [1.29, 1.82) is 0 Å². The Bertz CT molecular complexity index is 731. The molecule has 4 rings (SSSR count). The molecule has 2 aliphatic heterocycles. The van der Waals surface area contributed by atoms with E-state index in [0.29, 0.717) is 6.42 Å². The van der Waals surface area contributed by atoms with Crippen LogP contribution in [-0.4, -0.2) is 35.3 Å². The Hall–Kier alpha value is -2.34. The smallest absolute Gasteiger partial charge is 0.228 e. The molecule has 2 aromatic rings. The minimum absolute atomic E-state index is 0.00378. The van der Waals surface area contributed by atoms with Gasteiger partial charge in [0.1, 0.15) is 11.5 Å². The van der Waals surface area contributed by atoms with Gasteiger partial charge in [-0.25, -0.2) is 4.68 Å². The summed E-state index contributed by atoms with van der Waals surface area (Å²) in [4.78, 5) is 12.3. The van der Waals surface area contributed by atoms with E-state index in [0.717, 1.165) is 62.0 Å². The van der Waals surface area contributed by atoms with Crippen LogP contribution in [0.5, 0.6) is 0 Å². The fraction of sp³-hybridized carbons (Fsp3) is 0.474. The summed E-state index contributed by atoms with van der Waals surface area (Å²) < 4.78 is 1.91. The number of carbonyl (C=O) groups is 1. The van der Waals surface area contributed by atoms with E-state index in [1.54, 1.807) is 6.20 Å². The summed E-state index contributed by atoms with van der Waals surface area (Å²) in [5.41, 5.74) is 3.17. The van der Waals surface area contributed by atoms with Gasteiger partial charge in [0.2, 0.25) is 5.91 Å². The molecule has 0 bridgehead atoms. The van der Waals surface area contributed by atoms with Crippen molar-refractivity contribution in [3.63, 3.8) is 0 Å². The standard InChI is InChI=1S/C19H25N5O/c25-18(23-17-13-22-24-9-1-7-21-19(17)24)11-15-4-2-14(3-5-15)10-16-6-8-20-12-16/h2-5,13,16,20-21H,1,6-12H2,(H,23,25). The Kier molecular flexibility index (Phi) is 4.70. The average Bonchev–Trinajstić information content (AvgIpc) is 3.27. The number of fused-ring (bicyclic) bond motifs is 1. The van der Waals surface area contributed by atoms with Gasteiger partial charge in [0.25, 0.3) is 0 Å². The van der Waals surface area contributed by atoms with Gasteiger partial charge >= 0.3 is 0 Å². The third-order valence-corrected chi connectivity index (χ3v) is 5.03. The van der Waals surface area contributed by atoms with Crippen molar-refractivity contribution in [2.75, 3.05) is 30.3 Å². The van der Waals surface area contributed by atoms with Gasteiger partial charge in [0.15, 0.2) is 0 Å². The van der Waals surface area contributed by atoms with Crippen LogP contribution in [0.2, 0.25) is 0 Å². The first-order valence-electron chi connectivity index (χ1n) is 9.16. The Morgan fingerprint density at radius 3 is 2.88 bits per heavy atom. The molecule has 3 heterocycles. The summed E-state index contributed by atoms with van der Waals surface area (Å²) in [6.07, 6.45) is 5.55. The summed E-state index contributed by atoms with van der Waals surface area (Å²) in [7, 11) is 0. The number of amides is 1. The van der Waals surface area contributed by atoms with Crippen molar-refractivity contribution < 1.29 is 4.79 Å². The van der Waals surface area contributed by atoms with Crippen LogP contribution >= 0.6 is 0 Å². The Morgan fingerprint density at radius 1 is 1.24 bits per heavy atom. The van der Waals surface area contributed by atoms with E-state index in [1.807, 2.05) is 4.68 Å². The van der Waals surface area contributed by atoms with E-state index in [2.05, 4.69) is 45.3 Å². The lowest BCUT2D eigenvalue weighted by Crippen LogP contribution is -2.20. The van der Waals surface area contributed by atoms with E-state index < -0.39 is 0 Å². The second kappa shape index (κ2) is 7.27. The fourth-order valence-electron chi connectivity index (χ4n) is 3.66. The van der Waals surface area contributed by atoms with Crippen molar-refractivity contribution in [1.82, 2.24) is 15.1 Å². The van der Waals surface area contributed by atoms with Crippen LogP contribution in [0.1, 0.15) is 24.0 Å². The normalized spacial score (nSPS) is 19.3. The third-order valence-electron chi connectivity index (χ3n) is 5.03. The minimum Gasteiger partial charge on any atom is -0.368 e. The lowest BCUT2D eigenvalue weighted by atomic mass is 9.97. The van der Waals surface area contributed by atoms with Crippen molar-refractivity contribution in [3.05, 3.63) is 41.6 Å². The molecule has 0 saturated carbocycles. The Morgan fingerprint density at radius 2 is 2.08 bits per heavy atom. The molecule has 6 nitrogen and oxygen atoms in total. The van der Waals surface area contributed by atoms with Crippen LogP contribution in [-0.2, 0) is 24.2 Å². The molecule has 3 N–H and O–H groups in total. The monoisotopic (exact) mass is 339 g/mol. The molecule has 1 amide bonds. The van der Waals surface area contributed by atoms with Gasteiger partial charge in [-0.2, -0.15) is 5.10 Å². The molecule has 1 aromatic heterocycles. The van der Waals surface area contributed by atoms with Crippen LogP contribution in [0.3, 0.4) is 0 Å². The lowest BCUT2D eigenvalue weighted by Gasteiger charge is -2.17. The van der Waals surface area contributed by atoms with Gasteiger partial charge in [-0.15, -0.1) is 0 Å². The van der Waals surface area contributed by atoms with Gasteiger partial charge in [-0.05, 0) is 49.4 Å². The van der Waals surface area contributed by atoms with E-state index in [9.17, 15) is 4.79 Å². The fourth-order valence-corrected chi connectivity index (χ4v) is 3.66. The first-order chi connectivity index (χ1) is 12.3. The summed E-state index contributed by atoms with van der Waals surface area (Å²) in [6, 6.07) is 8.46. The molecule has 1 fully saturated rings.